The van der Waals surface area contributed by atoms with Gasteiger partial charge < -0.3 is 0 Å². The fraction of sp³-hybridized carbons (Fsp3) is 0.500. The van der Waals surface area contributed by atoms with Crippen LogP contribution in [0.3, 0.4) is 0 Å². The summed E-state index contributed by atoms with van der Waals surface area (Å²) in [5.41, 5.74) is 1.10. The number of benzene rings is 1. The molecule has 1 aromatic heterocycles. The number of halogens is 1. The molecule has 2 unspecified atom stereocenters. The number of aromatic nitrogens is 1. The van der Waals surface area contributed by atoms with Crippen molar-refractivity contribution in [2.45, 2.75) is 38.5 Å². The van der Waals surface area contributed by atoms with Gasteiger partial charge in [-0.05, 0) is 24.5 Å². The van der Waals surface area contributed by atoms with Crippen LogP contribution in [0.25, 0.3) is 10.2 Å². The van der Waals surface area contributed by atoms with E-state index in [0.717, 1.165) is 16.9 Å². The van der Waals surface area contributed by atoms with Crippen LogP contribution < -0.4 is 0 Å². The molecule has 1 heterocycles. The predicted octanol–water partition coefficient (Wildman–Crippen LogP) is 4.88. The highest BCUT2D eigenvalue weighted by Gasteiger charge is 2.16. The van der Waals surface area contributed by atoms with Crippen LogP contribution in [-0.2, 0) is 6.42 Å². The molecule has 0 radical (unpaired) electrons. The summed E-state index contributed by atoms with van der Waals surface area (Å²) in [6.07, 6.45) is 3.28. The van der Waals surface area contributed by atoms with Crippen LogP contribution in [0.2, 0.25) is 0 Å². The minimum atomic E-state index is 0.204. The molecule has 0 N–H and O–H groups in total. The van der Waals surface area contributed by atoms with Gasteiger partial charge in [-0.25, -0.2) is 4.98 Å². The standard InChI is InChI=1S/C14H18ClNS/c1-3-6-10(2)11(15)9-14-16-12-7-4-5-8-13(12)17-14/h4-5,7-8,10-11H,3,6,9H2,1-2H3. The van der Waals surface area contributed by atoms with Gasteiger partial charge in [-0.15, -0.1) is 22.9 Å². The first-order valence-electron chi connectivity index (χ1n) is 6.19. The van der Waals surface area contributed by atoms with Gasteiger partial charge in [-0.2, -0.15) is 0 Å². The second-order valence-corrected chi connectivity index (χ2v) is 6.24. The number of para-hydroxylation sites is 1. The minimum absolute atomic E-state index is 0.204. The van der Waals surface area contributed by atoms with Crippen LogP contribution in [0.15, 0.2) is 24.3 Å². The first-order valence-corrected chi connectivity index (χ1v) is 7.44. The molecule has 3 heteroatoms. The Hall–Kier alpha value is -0.600. The van der Waals surface area contributed by atoms with Crippen molar-refractivity contribution in [2.75, 3.05) is 0 Å². The van der Waals surface area contributed by atoms with Gasteiger partial charge in [0.05, 0.1) is 15.2 Å². The maximum absolute atomic E-state index is 6.44. The highest BCUT2D eigenvalue weighted by molar-refractivity contribution is 7.18. The molecule has 1 nitrogen and oxygen atoms in total. The van der Waals surface area contributed by atoms with Crippen molar-refractivity contribution in [3.63, 3.8) is 0 Å². The normalized spacial score (nSPS) is 15.0. The third-order valence-corrected chi connectivity index (χ3v) is 4.71. The zero-order valence-electron chi connectivity index (χ0n) is 10.3. The lowest BCUT2D eigenvalue weighted by Crippen LogP contribution is -2.14. The third-order valence-electron chi connectivity index (χ3n) is 3.07. The van der Waals surface area contributed by atoms with Crippen molar-refractivity contribution < 1.29 is 0 Å². The van der Waals surface area contributed by atoms with E-state index in [-0.39, 0.29) is 5.38 Å². The molecule has 0 spiro atoms. The summed E-state index contributed by atoms with van der Waals surface area (Å²) in [7, 11) is 0. The smallest absolute Gasteiger partial charge is 0.0953 e. The van der Waals surface area contributed by atoms with Gasteiger partial charge in [0.15, 0.2) is 0 Å². The third kappa shape index (κ3) is 3.20. The van der Waals surface area contributed by atoms with Crippen molar-refractivity contribution in [2.24, 2.45) is 5.92 Å². The summed E-state index contributed by atoms with van der Waals surface area (Å²) in [5.74, 6) is 0.564. The molecule has 17 heavy (non-hydrogen) atoms. The maximum atomic E-state index is 6.44. The van der Waals surface area contributed by atoms with E-state index in [1.54, 1.807) is 11.3 Å². The van der Waals surface area contributed by atoms with E-state index in [4.69, 9.17) is 11.6 Å². The van der Waals surface area contributed by atoms with Crippen LogP contribution in [-0.4, -0.2) is 10.4 Å². The van der Waals surface area contributed by atoms with Crippen LogP contribution in [0.1, 0.15) is 31.7 Å². The lowest BCUT2D eigenvalue weighted by atomic mass is 10.00. The van der Waals surface area contributed by atoms with Crippen molar-refractivity contribution in [1.29, 1.82) is 0 Å². The van der Waals surface area contributed by atoms with Crippen LogP contribution in [0.5, 0.6) is 0 Å². The molecule has 2 aromatic rings. The highest BCUT2D eigenvalue weighted by Crippen LogP contribution is 2.26. The largest absolute Gasteiger partial charge is 0.241 e. The van der Waals surface area contributed by atoms with E-state index < -0.39 is 0 Å². The Kier molecular flexibility index (Phi) is 4.41. The molecule has 1 aromatic carbocycles. The number of hydrogen-bond donors (Lipinski definition) is 0. The zero-order chi connectivity index (χ0) is 12.3. The Morgan fingerprint density at radius 2 is 2.12 bits per heavy atom. The summed E-state index contributed by atoms with van der Waals surface area (Å²) in [6.45, 7) is 4.44. The first-order chi connectivity index (χ1) is 8.20. The van der Waals surface area contributed by atoms with Crippen LogP contribution >= 0.6 is 22.9 Å². The van der Waals surface area contributed by atoms with Gasteiger partial charge in [0.2, 0.25) is 0 Å². The summed E-state index contributed by atoms with van der Waals surface area (Å²) in [6, 6.07) is 8.27. The Morgan fingerprint density at radius 3 is 2.82 bits per heavy atom. The summed E-state index contributed by atoms with van der Waals surface area (Å²) >= 11 is 8.20. The zero-order valence-corrected chi connectivity index (χ0v) is 11.9. The van der Waals surface area contributed by atoms with E-state index in [1.165, 1.54) is 17.5 Å². The minimum Gasteiger partial charge on any atom is -0.241 e. The molecule has 0 saturated heterocycles. The van der Waals surface area contributed by atoms with E-state index in [1.807, 2.05) is 6.07 Å². The summed E-state index contributed by atoms with van der Waals surface area (Å²) in [4.78, 5) is 4.63. The molecular formula is C14H18ClNS. The van der Waals surface area contributed by atoms with E-state index in [0.29, 0.717) is 5.92 Å². The van der Waals surface area contributed by atoms with Crippen molar-refractivity contribution >= 4 is 33.2 Å². The number of alkyl halides is 1. The number of nitrogens with zero attached hydrogens (tertiary/aromatic N) is 1. The van der Waals surface area contributed by atoms with Crippen molar-refractivity contribution in [3.8, 4) is 0 Å². The Balaban J connectivity index is 2.07. The van der Waals surface area contributed by atoms with E-state index >= 15 is 0 Å². The van der Waals surface area contributed by atoms with Gasteiger partial charge >= 0.3 is 0 Å². The number of hydrogen-bond acceptors (Lipinski definition) is 2. The lowest BCUT2D eigenvalue weighted by Gasteiger charge is -2.15. The number of thiazole rings is 1. The van der Waals surface area contributed by atoms with Crippen LogP contribution in [0, 0.1) is 5.92 Å². The average molecular weight is 268 g/mol. The van der Waals surface area contributed by atoms with Gasteiger partial charge in [0.1, 0.15) is 0 Å². The lowest BCUT2D eigenvalue weighted by molar-refractivity contribution is 0.493. The molecule has 2 atom stereocenters. The Morgan fingerprint density at radius 1 is 1.35 bits per heavy atom. The van der Waals surface area contributed by atoms with Crippen molar-refractivity contribution in [3.05, 3.63) is 29.3 Å². The monoisotopic (exact) mass is 267 g/mol. The van der Waals surface area contributed by atoms with Gasteiger partial charge in [0.25, 0.3) is 0 Å². The molecule has 0 amide bonds. The average Bonchev–Trinajstić information content (AvgIpc) is 2.71. The predicted molar refractivity (Wildman–Crippen MR) is 77.0 cm³/mol. The molecule has 0 aliphatic carbocycles. The molecule has 0 aliphatic heterocycles. The summed E-state index contributed by atoms with van der Waals surface area (Å²) < 4.78 is 1.26. The summed E-state index contributed by atoms with van der Waals surface area (Å²) in [5, 5.41) is 1.37. The Bertz CT molecular complexity index is 447. The van der Waals surface area contributed by atoms with Crippen molar-refractivity contribution in [1.82, 2.24) is 4.98 Å². The SMILES string of the molecule is CCCC(C)C(Cl)Cc1nc2ccccc2s1. The molecular weight excluding hydrogens is 250 g/mol. The fourth-order valence-electron chi connectivity index (χ4n) is 2.01. The molecule has 0 aliphatic rings. The van der Waals surface area contributed by atoms with Crippen LogP contribution in [0.4, 0.5) is 0 Å². The molecule has 0 fully saturated rings. The Labute approximate surface area is 112 Å². The molecule has 0 saturated carbocycles. The fourth-order valence-corrected chi connectivity index (χ4v) is 3.40. The molecule has 92 valence electrons. The topological polar surface area (TPSA) is 12.9 Å². The molecule has 2 rings (SSSR count). The molecule has 0 bridgehead atoms. The number of fused-ring (bicyclic) bond motifs is 1. The van der Waals surface area contributed by atoms with E-state index in [9.17, 15) is 0 Å². The second kappa shape index (κ2) is 5.83. The highest BCUT2D eigenvalue weighted by atomic mass is 35.5. The quantitative estimate of drug-likeness (QED) is 0.704. The van der Waals surface area contributed by atoms with Gasteiger partial charge in [-0.3, -0.25) is 0 Å². The van der Waals surface area contributed by atoms with E-state index in [2.05, 4.69) is 37.0 Å². The maximum Gasteiger partial charge on any atom is 0.0953 e. The van der Waals surface area contributed by atoms with Gasteiger partial charge in [-0.1, -0.05) is 32.4 Å². The first kappa shape index (κ1) is 12.8. The van der Waals surface area contributed by atoms with Gasteiger partial charge in [0, 0.05) is 11.8 Å². The second-order valence-electron chi connectivity index (χ2n) is 4.56. The number of rotatable bonds is 5.